The molecule has 0 radical (unpaired) electrons. The first kappa shape index (κ1) is 22.3. The van der Waals surface area contributed by atoms with Crippen LogP contribution in [-0.2, 0) is 17.4 Å². The van der Waals surface area contributed by atoms with Crippen molar-refractivity contribution >= 4 is 40.8 Å². The van der Waals surface area contributed by atoms with Gasteiger partial charge >= 0.3 is 6.18 Å². The molecule has 0 aliphatic carbocycles. The fraction of sp³-hybridized carbons (Fsp3) is 0.211. The summed E-state index contributed by atoms with van der Waals surface area (Å²) >= 11 is 1.54. The number of amidine groups is 1. The lowest BCUT2D eigenvalue weighted by Crippen LogP contribution is -2.25. The maximum atomic E-state index is 13.0. The van der Waals surface area contributed by atoms with Gasteiger partial charge in [0.05, 0.1) is 17.0 Å². The van der Waals surface area contributed by atoms with Gasteiger partial charge in [0.1, 0.15) is 0 Å². The van der Waals surface area contributed by atoms with Crippen molar-refractivity contribution in [3.05, 3.63) is 65.2 Å². The quantitative estimate of drug-likeness (QED) is 0.280. The van der Waals surface area contributed by atoms with Gasteiger partial charge in [-0.3, -0.25) is 4.79 Å². The predicted octanol–water partition coefficient (Wildman–Crippen LogP) is 5.18. The van der Waals surface area contributed by atoms with Gasteiger partial charge in [-0.15, -0.1) is 5.10 Å². The predicted molar refractivity (Wildman–Crippen MR) is 108 cm³/mol. The van der Waals surface area contributed by atoms with Crippen LogP contribution in [-0.4, -0.2) is 28.3 Å². The van der Waals surface area contributed by atoms with E-state index in [1.807, 2.05) is 0 Å². The highest BCUT2D eigenvalue weighted by Crippen LogP contribution is 2.31. The second kappa shape index (κ2) is 9.61. The molecule has 1 aliphatic rings. The Bertz CT molecular complexity index is 961. The Morgan fingerprint density at radius 2 is 1.83 bits per heavy atom. The summed E-state index contributed by atoms with van der Waals surface area (Å²) in [6.07, 6.45) is -3.19. The Kier molecular flexibility index (Phi) is 7.14. The number of hydrogen-bond donors (Lipinski definition) is 1. The van der Waals surface area contributed by atoms with Crippen molar-refractivity contribution in [2.45, 2.75) is 28.5 Å². The molecular formula is C19H14F5N3OS2. The van der Waals surface area contributed by atoms with E-state index < -0.39 is 22.7 Å². The Hall–Kier alpha value is -2.40. The van der Waals surface area contributed by atoms with Gasteiger partial charge in [0.2, 0.25) is 5.91 Å². The van der Waals surface area contributed by atoms with Crippen LogP contribution in [0.4, 0.5) is 22.0 Å². The minimum absolute atomic E-state index is 0.137. The standard InChI is InChI=1S/C19H14F5N3OS2/c20-17(21)29-13-7-5-11(6-8-13)9-15-16(28)26-18(30-15)27-25-10-12-3-1-2-4-14(12)19(22,23)24/h1-8,10,15,17H,9H2,(H,26,27,28)/b25-10-/t15-/m1/s1. The average Bonchev–Trinajstić information content (AvgIpc) is 3.02. The molecule has 1 saturated heterocycles. The van der Waals surface area contributed by atoms with Crippen LogP contribution < -0.4 is 5.32 Å². The van der Waals surface area contributed by atoms with Gasteiger partial charge in [0, 0.05) is 10.5 Å². The van der Waals surface area contributed by atoms with Crippen LogP contribution in [0, 0.1) is 0 Å². The number of amides is 1. The second-order valence-electron chi connectivity index (χ2n) is 6.06. The molecule has 0 bridgehead atoms. The molecule has 1 aliphatic heterocycles. The van der Waals surface area contributed by atoms with Crippen molar-refractivity contribution in [3.63, 3.8) is 0 Å². The lowest BCUT2D eigenvalue weighted by molar-refractivity contribution is -0.137. The van der Waals surface area contributed by atoms with Crippen LogP contribution >= 0.6 is 23.5 Å². The molecule has 0 unspecified atom stereocenters. The number of thioether (sulfide) groups is 2. The number of nitrogens with one attached hydrogen (secondary N) is 1. The molecule has 0 aromatic heterocycles. The summed E-state index contributed by atoms with van der Waals surface area (Å²) in [5.41, 5.74) is -0.185. The third kappa shape index (κ3) is 6.05. The number of halogens is 5. The molecule has 0 saturated carbocycles. The molecule has 1 N–H and O–H groups in total. The Labute approximate surface area is 177 Å². The van der Waals surface area contributed by atoms with Gasteiger partial charge in [-0.25, -0.2) is 0 Å². The van der Waals surface area contributed by atoms with Crippen LogP contribution in [0.3, 0.4) is 0 Å². The molecule has 4 nitrogen and oxygen atoms in total. The third-order valence-corrected chi connectivity index (χ3v) is 5.75. The maximum absolute atomic E-state index is 13.0. The highest BCUT2D eigenvalue weighted by Gasteiger charge is 2.33. The Morgan fingerprint density at radius 1 is 1.13 bits per heavy atom. The monoisotopic (exact) mass is 459 g/mol. The van der Waals surface area contributed by atoms with E-state index in [-0.39, 0.29) is 16.6 Å². The largest absolute Gasteiger partial charge is 0.417 e. The van der Waals surface area contributed by atoms with Crippen LogP contribution in [0.1, 0.15) is 16.7 Å². The molecule has 1 heterocycles. The summed E-state index contributed by atoms with van der Waals surface area (Å²) in [4.78, 5) is 12.5. The van der Waals surface area contributed by atoms with Gasteiger partial charge in [0.25, 0.3) is 5.76 Å². The molecule has 11 heteroatoms. The normalized spacial score (nSPS) is 18.5. The third-order valence-electron chi connectivity index (χ3n) is 3.96. The van der Waals surface area contributed by atoms with Crippen LogP contribution in [0.25, 0.3) is 0 Å². The number of alkyl halides is 5. The molecule has 1 fully saturated rings. The fourth-order valence-corrected chi connectivity index (χ4v) is 4.08. The molecule has 0 spiro atoms. The minimum Gasteiger partial charge on any atom is -0.303 e. The lowest BCUT2D eigenvalue weighted by Gasteiger charge is -2.08. The molecule has 2 aromatic carbocycles. The summed E-state index contributed by atoms with van der Waals surface area (Å²) in [6.45, 7) is 0. The average molecular weight is 459 g/mol. The first-order chi connectivity index (χ1) is 14.2. The van der Waals surface area contributed by atoms with E-state index in [2.05, 4.69) is 15.5 Å². The molecule has 3 rings (SSSR count). The summed E-state index contributed by atoms with van der Waals surface area (Å²) in [6, 6.07) is 11.4. The highest BCUT2D eigenvalue weighted by molar-refractivity contribution is 8.15. The van der Waals surface area contributed by atoms with Crippen LogP contribution in [0.5, 0.6) is 0 Å². The van der Waals surface area contributed by atoms with E-state index in [0.29, 0.717) is 23.1 Å². The van der Waals surface area contributed by atoms with E-state index >= 15 is 0 Å². The molecule has 2 aromatic rings. The van der Waals surface area contributed by atoms with Crippen molar-refractivity contribution in [2.75, 3.05) is 0 Å². The zero-order valence-electron chi connectivity index (χ0n) is 15.1. The summed E-state index contributed by atoms with van der Waals surface area (Å²) < 4.78 is 63.6. The van der Waals surface area contributed by atoms with E-state index in [0.717, 1.165) is 29.6 Å². The molecule has 158 valence electrons. The highest BCUT2D eigenvalue weighted by atomic mass is 32.2. The van der Waals surface area contributed by atoms with Gasteiger partial charge in [-0.1, -0.05) is 53.9 Å². The number of carbonyl (C=O) groups is 1. The van der Waals surface area contributed by atoms with E-state index in [4.69, 9.17) is 0 Å². The second-order valence-corrected chi connectivity index (χ2v) is 8.31. The molecule has 30 heavy (non-hydrogen) atoms. The van der Waals surface area contributed by atoms with Crippen molar-refractivity contribution in [2.24, 2.45) is 10.2 Å². The van der Waals surface area contributed by atoms with Crippen LogP contribution in [0.2, 0.25) is 0 Å². The Balaban J connectivity index is 1.63. The van der Waals surface area contributed by atoms with Crippen molar-refractivity contribution in [1.82, 2.24) is 5.32 Å². The van der Waals surface area contributed by atoms with Crippen LogP contribution in [0.15, 0.2) is 63.6 Å². The van der Waals surface area contributed by atoms with Gasteiger partial charge in [0.15, 0.2) is 5.17 Å². The SMILES string of the molecule is O=C1N/C(=N/N=C\c2ccccc2C(F)(F)F)S[C@@H]1Cc1ccc(SC(F)F)cc1. The Morgan fingerprint density at radius 3 is 2.50 bits per heavy atom. The van der Waals surface area contributed by atoms with Crippen molar-refractivity contribution in [3.8, 4) is 0 Å². The summed E-state index contributed by atoms with van der Waals surface area (Å²) in [5.74, 6) is -2.81. The van der Waals surface area contributed by atoms with Gasteiger partial charge < -0.3 is 5.32 Å². The molecule has 1 atom stereocenters. The van der Waals surface area contributed by atoms with Crippen molar-refractivity contribution in [1.29, 1.82) is 0 Å². The first-order valence-electron chi connectivity index (χ1n) is 8.51. The smallest absolute Gasteiger partial charge is 0.303 e. The molecule has 1 amide bonds. The summed E-state index contributed by atoms with van der Waals surface area (Å²) in [7, 11) is 0. The lowest BCUT2D eigenvalue weighted by atomic mass is 10.1. The van der Waals surface area contributed by atoms with E-state index in [1.54, 1.807) is 24.3 Å². The number of nitrogens with zero attached hydrogens (tertiary/aromatic N) is 2. The number of benzene rings is 2. The topological polar surface area (TPSA) is 53.8 Å². The zero-order chi connectivity index (χ0) is 21.7. The van der Waals surface area contributed by atoms with Gasteiger partial charge in [-0.2, -0.15) is 27.1 Å². The number of carbonyl (C=O) groups excluding carboxylic acids is 1. The number of rotatable bonds is 6. The number of hydrogen-bond acceptors (Lipinski definition) is 5. The first-order valence-corrected chi connectivity index (χ1v) is 10.3. The van der Waals surface area contributed by atoms with E-state index in [1.165, 1.54) is 18.2 Å². The van der Waals surface area contributed by atoms with Crippen molar-refractivity contribution < 1.29 is 26.7 Å². The zero-order valence-corrected chi connectivity index (χ0v) is 16.7. The maximum Gasteiger partial charge on any atom is 0.417 e. The van der Waals surface area contributed by atoms with E-state index in [9.17, 15) is 26.7 Å². The van der Waals surface area contributed by atoms with Gasteiger partial charge in [-0.05, 0) is 30.2 Å². The fourth-order valence-electron chi connectivity index (χ4n) is 2.62. The molecular weight excluding hydrogens is 445 g/mol. The minimum atomic E-state index is -4.51. The summed E-state index contributed by atoms with van der Waals surface area (Å²) in [5, 5.41) is 9.66.